The van der Waals surface area contributed by atoms with Gasteiger partial charge in [0.2, 0.25) is 0 Å². The van der Waals surface area contributed by atoms with E-state index in [0.29, 0.717) is 5.65 Å². The van der Waals surface area contributed by atoms with E-state index in [2.05, 4.69) is 170 Å². The van der Waals surface area contributed by atoms with Gasteiger partial charge in [-0.15, -0.1) is 0 Å². The third-order valence-electron chi connectivity index (χ3n) is 12.3. The lowest BCUT2D eigenvalue weighted by Gasteiger charge is -2.19. The molecule has 0 amide bonds. The number of rotatable bonds is 4. The fourth-order valence-electron chi connectivity index (χ4n) is 9.72. The zero-order valence-electron chi connectivity index (χ0n) is 32.2. The standard InChI is InChI=1S/C55H35N3O/c1-57-49-33-37(31-32-46(49)54-56-47-25-13-14-26-48(47)58(54)55(57)59)53-44-23-11-9-21-42(44)52(43-22-10-12-24-45(43)53)36-29-27-35(28-30-36)51-40-19-7-5-17-38(40)50(34-15-3-2-4-16-34)39-18-6-8-20-41(39)51/h2-33H,1H3. The molecule has 59 heavy (non-hydrogen) atoms. The third-order valence-corrected chi connectivity index (χ3v) is 12.3. The number of hydrogen-bond acceptors (Lipinski definition) is 2. The van der Waals surface area contributed by atoms with E-state index in [0.717, 1.165) is 49.4 Å². The molecular formula is C55H35N3O. The van der Waals surface area contributed by atoms with Crippen molar-refractivity contribution in [3.05, 3.63) is 205 Å². The molecule has 0 saturated carbocycles. The quantitative estimate of drug-likeness (QED) is 0.168. The molecule has 0 bridgehead atoms. The van der Waals surface area contributed by atoms with Crippen LogP contribution in [0.3, 0.4) is 0 Å². The topological polar surface area (TPSA) is 39.3 Å². The first-order valence-corrected chi connectivity index (χ1v) is 20.1. The van der Waals surface area contributed by atoms with Crippen LogP contribution in [0.2, 0.25) is 0 Å². The van der Waals surface area contributed by atoms with Gasteiger partial charge in [-0.25, -0.2) is 14.2 Å². The van der Waals surface area contributed by atoms with Crippen molar-refractivity contribution in [1.29, 1.82) is 0 Å². The fraction of sp³-hybridized carbons (Fsp3) is 0.0182. The highest BCUT2D eigenvalue weighted by Gasteiger charge is 2.21. The summed E-state index contributed by atoms with van der Waals surface area (Å²) in [5.41, 5.74) is 12.5. The summed E-state index contributed by atoms with van der Waals surface area (Å²) in [5.74, 6) is 0. The first-order chi connectivity index (χ1) is 29.1. The van der Waals surface area contributed by atoms with Gasteiger partial charge < -0.3 is 0 Å². The second-order valence-electron chi connectivity index (χ2n) is 15.5. The summed E-state index contributed by atoms with van der Waals surface area (Å²) in [6, 6.07) is 69.4. The largest absolute Gasteiger partial charge is 0.334 e. The van der Waals surface area contributed by atoms with E-state index in [-0.39, 0.29) is 5.69 Å². The average Bonchev–Trinajstić information content (AvgIpc) is 3.69. The smallest absolute Gasteiger partial charge is 0.296 e. The Morgan fingerprint density at radius 2 is 0.729 bits per heavy atom. The molecule has 0 aliphatic heterocycles. The summed E-state index contributed by atoms with van der Waals surface area (Å²) >= 11 is 0. The number of aromatic nitrogens is 3. The summed E-state index contributed by atoms with van der Waals surface area (Å²) in [6.07, 6.45) is 0. The summed E-state index contributed by atoms with van der Waals surface area (Å²) in [5, 5.41) is 10.6. The van der Waals surface area contributed by atoms with E-state index >= 15 is 0 Å². The monoisotopic (exact) mass is 753 g/mol. The van der Waals surface area contributed by atoms with E-state index in [9.17, 15) is 4.79 Å². The van der Waals surface area contributed by atoms with E-state index in [1.165, 1.54) is 60.1 Å². The molecule has 0 saturated heterocycles. The molecule has 0 fully saturated rings. The van der Waals surface area contributed by atoms with E-state index < -0.39 is 0 Å². The zero-order chi connectivity index (χ0) is 39.2. The predicted octanol–water partition coefficient (Wildman–Crippen LogP) is 13.6. The molecule has 0 N–H and O–H groups in total. The van der Waals surface area contributed by atoms with Crippen molar-refractivity contribution in [3.63, 3.8) is 0 Å². The number of benzene rings is 10. The van der Waals surface area contributed by atoms with Crippen molar-refractivity contribution in [3.8, 4) is 44.5 Å². The Morgan fingerprint density at radius 1 is 0.356 bits per heavy atom. The van der Waals surface area contributed by atoms with Gasteiger partial charge in [0.05, 0.1) is 16.6 Å². The minimum Gasteiger partial charge on any atom is -0.296 e. The molecule has 4 nitrogen and oxygen atoms in total. The van der Waals surface area contributed by atoms with Crippen LogP contribution in [0.5, 0.6) is 0 Å². The number of nitrogens with zero attached hydrogens (tertiary/aromatic N) is 3. The van der Waals surface area contributed by atoms with E-state index in [1.807, 2.05) is 31.3 Å². The normalized spacial score (nSPS) is 11.9. The average molecular weight is 754 g/mol. The lowest BCUT2D eigenvalue weighted by molar-refractivity contribution is 0.836. The van der Waals surface area contributed by atoms with Crippen LogP contribution in [0, 0.1) is 0 Å². The number of para-hydroxylation sites is 2. The SMILES string of the molecule is Cn1c(=O)n2c3ccccc3nc2c2ccc(-c3c4ccccc4c(-c4ccc(-c5c6ccccc6c(-c6ccccc6)c6ccccc56)cc4)c4ccccc34)cc21. The zero-order valence-corrected chi connectivity index (χ0v) is 32.2. The molecule has 4 heteroatoms. The molecule has 0 unspecified atom stereocenters. The van der Waals surface area contributed by atoms with Crippen LogP contribution in [0.4, 0.5) is 0 Å². The van der Waals surface area contributed by atoms with Crippen LogP contribution < -0.4 is 5.69 Å². The molecule has 2 aromatic heterocycles. The summed E-state index contributed by atoms with van der Waals surface area (Å²) in [7, 11) is 1.86. The molecule has 0 aliphatic rings. The maximum absolute atomic E-state index is 13.9. The molecule has 2 heterocycles. The predicted molar refractivity (Wildman–Crippen MR) is 247 cm³/mol. The number of hydrogen-bond donors (Lipinski definition) is 0. The van der Waals surface area contributed by atoms with Crippen molar-refractivity contribution < 1.29 is 0 Å². The third kappa shape index (κ3) is 4.90. The molecule has 0 atom stereocenters. The first kappa shape index (κ1) is 33.3. The lowest BCUT2D eigenvalue weighted by Crippen LogP contribution is -2.24. The molecule has 12 rings (SSSR count). The molecule has 276 valence electrons. The number of imidazole rings is 1. The van der Waals surface area contributed by atoms with Crippen LogP contribution in [0.25, 0.3) is 115 Å². The minimum absolute atomic E-state index is 0.111. The van der Waals surface area contributed by atoms with Gasteiger partial charge in [-0.05, 0) is 112 Å². The Kier molecular flexibility index (Phi) is 7.26. The number of aryl methyl sites for hydroxylation is 1. The Hall–Kier alpha value is -7.82. The second kappa shape index (κ2) is 12.9. The van der Waals surface area contributed by atoms with Gasteiger partial charge in [0.1, 0.15) is 0 Å². The Morgan fingerprint density at radius 3 is 1.20 bits per heavy atom. The Labute approximate surface area is 339 Å². The first-order valence-electron chi connectivity index (χ1n) is 20.1. The van der Waals surface area contributed by atoms with Crippen molar-refractivity contribution in [2.24, 2.45) is 7.05 Å². The maximum Gasteiger partial charge on any atom is 0.334 e. The molecular weight excluding hydrogens is 719 g/mol. The highest BCUT2D eigenvalue weighted by Crippen LogP contribution is 2.47. The van der Waals surface area contributed by atoms with Gasteiger partial charge in [0.15, 0.2) is 5.65 Å². The summed E-state index contributed by atoms with van der Waals surface area (Å²) < 4.78 is 3.48. The highest BCUT2D eigenvalue weighted by molar-refractivity contribution is 6.23. The fourth-order valence-corrected chi connectivity index (χ4v) is 9.72. The van der Waals surface area contributed by atoms with Crippen LogP contribution in [-0.4, -0.2) is 14.0 Å². The molecule has 12 aromatic rings. The maximum atomic E-state index is 13.9. The molecule has 0 aliphatic carbocycles. The summed E-state index contributed by atoms with van der Waals surface area (Å²) in [4.78, 5) is 18.8. The van der Waals surface area contributed by atoms with Gasteiger partial charge in [0, 0.05) is 12.4 Å². The van der Waals surface area contributed by atoms with Gasteiger partial charge >= 0.3 is 5.69 Å². The minimum atomic E-state index is -0.111. The van der Waals surface area contributed by atoms with Gasteiger partial charge in [0.25, 0.3) is 0 Å². The van der Waals surface area contributed by atoms with Crippen molar-refractivity contribution in [2.45, 2.75) is 0 Å². The van der Waals surface area contributed by atoms with Crippen LogP contribution in [-0.2, 0) is 7.05 Å². The van der Waals surface area contributed by atoms with Gasteiger partial charge in [-0.1, -0.05) is 170 Å². The van der Waals surface area contributed by atoms with E-state index in [4.69, 9.17) is 4.98 Å². The summed E-state index contributed by atoms with van der Waals surface area (Å²) in [6.45, 7) is 0. The van der Waals surface area contributed by atoms with Gasteiger partial charge in [-0.3, -0.25) is 4.57 Å². The van der Waals surface area contributed by atoms with Crippen molar-refractivity contribution in [1.82, 2.24) is 14.0 Å². The van der Waals surface area contributed by atoms with Crippen LogP contribution >= 0.6 is 0 Å². The Balaban J connectivity index is 1.06. The number of fused-ring (bicyclic) bond motifs is 9. The second-order valence-corrected chi connectivity index (χ2v) is 15.5. The van der Waals surface area contributed by atoms with Crippen LogP contribution in [0.15, 0.2) is 199 Å². The van der Waals surface area contributed by atoms with Gasteiger partial charge in [-0.2, -0.15) is 0 Å². The lowest BCUT2D eigenvalue weighted by atomic mass is 9.84. The van der Waals surface area contributed by atoms with Crippen molar-refractivity contribution in [2.75, 3.05) is 0 Å². The molecule has 0 spiro atoms. The van der Waals surface area contributed by atoms with Crippen LogP contribution in [0.1, 0.15) is 0 Å². The molecule has 0 radical (unpaired) electrons. The van der Waals surface area contributed by atoms with Crippen molar-refractivity contribution >= 4 is 70.7 Å². The molecule has 10 aromatic carbocycles. The highest BCUT2D eigenvalue weighted by atomic mass is 16.1. The van der Waals surface area contributed by atoms with E-state index in [1.54, 1.807) is 8.97 Å². The Bertz CT molecular complexity index is 3630.